The van der Waals surface area contributed by atoms with Crippen LogP contribution in [0, 0.1) is 5.92 Å². The van der Waals surface area contributed by atoms with Crippen molar-refractivity contribution in [2.75, 3.05) is 20.3 Å². The second-order valence-corrected chi connectivity index (χ2v) is 6.20. The zero-order chi connectivity index (χ0) is 19.6. The Labute approximate surface area is 158 Å². The standard InChI is InChI=1S/C20H24N2O5/c1-14(2)12-26-18-6-4-5-15(11-18)20(24)22-21-19(23)13-27-17-9-7-16(25-3)8-10-17/h4-11,14H,12-13H2,1-3H3,(H,21,23)(H,22,24). The van der Waals surface area contributed by atoms with Gasteiger partial charge in [-0.3, -0.25) is 20.4 Å². The number of rotatable bonds is 8. The van der Waals surface area contributed by atoms with Crippen molar-refractivity contribution >= 4 is 11.8 Å². The summed E-state index contributed by atoms with van der Waals surface area (Å²) >= 11 is 0. The molecule has 2 amide bonds. The van der Waals surface area contributed by atoms with Gasteiger partial charge in [0.25, 0.3) is 11.8 Å². The SMILES string of the molecule is COc1ccc(OCC(=O)NNC(=O)c2cccc(OCC(C)C)c2)cc1. The van der Waals surface area contributed by atoms with Crippen LogP contribution in [0.5, 0.6) is 17.2 Å². The predicted octanol–water partition coefficient (Wildman–Crippen LogP) is 2.57. The highest BCUT2D eigenvalue weighted by Crippen LogP contribution is 2.17. The van der Waals surface area contributed by atoms with Crippen LogP contribution >= 0.6 is 0 Å². The van der Waals surface area contributed by atoms with Crippen LogP contribution in [0.1, 0.15) is 24.2 Å². The predicted molar refractivity (Wildman–Crippen MR) is 101 cm³/mol. The summed E-state index contributed by atoms with van der Waals surface area (Å²) in [6.45, 7) is 4.41. The molecule has 0 bridgehead atoms. The van der Waals surface area contributed by atoms with E-state index in [4.69, 9.17) is 14.2 Å². The number of hydrazine groups is 1. The van der Waals surface area contributed by atoms with Crippen molar-refractivity contribution in [2.24, 2.45) is 5.92 Å². The van der Waals surface area contributed by atoms with Gasteiger partial charge in [-0.05, 0) is 48.4 Å². The molecule has 7 heteroatoms. The van der Waals surface area contributed by atoms with Crippen LogP contribution in [-0.4, -0.2) is 32.1 Å². The maximum Gasteiger partial charge on any atom is 0.276 e. The van der Waals surface area contributed by atoms with Gasteiger partial charge in [-0.1, -0.05) is 19.9 Å². The van der Waals surface area contributed by atoms with Crippen LogP contribution < -0.4 is 25.1 Å². The molecule has 2 aromatic carbocycles. The largest absolute Gasteiger partial charge is 0.497 e. The van der Waals surface area contributed by atoms with Crippen molar-refractivity contribution in [1.82, 2.24) is 10.9 Å². The van der Waals surface area contributed by atoms with E-state index in [1.165, 1.54) is 0 Å². The minimum Gasteiger partial charge on any atom is -0.497 e. The monoisotopic (exact) mass is 372 g/mol. The van der Waals surface area contributed by atoms with Crippen molar-refractivity contribution in [1.29, 1.82) is 0 Å². The topological polar surface area (TPSA) is 85.9 Å². The van der Waals surface area contributed by atoms with Gasteiger partial charge in [0, 0.05) is 5.56 Å². The van der Waals surface area contributed by atoms with E-state index >= 15 is 0 Å². The third-order valence-corrected chi connectivity index (χ3v) is 3.42. The highest BCUT2D eigenvalue weighted by atomic mass is 16.5. The van der Waals surface area contributed by atoms with Crippen molar-refractivity contribution in [2.45, 2.75) is 13.8 Å². The van der Waals surface area contributed by atoms with Crippen molar-refractivity contribution in [3.63, 3.8) is 0 Å². The number of ether oxygens (including phenoxy) is 3. The van der Waals surface area contributed by atoms with Crippen LogP contribution in [0.15, 0.2) is 48.5 Å². The Kier molecular flexibility index (Phi) is 7.49. The lowest BCUT2D eigenvalue weighted by Crippen LogP contribution is -2.43. The lowest BCUT2D eigenvalue weighted by molar-refractivity contribution is -0.123. The van der Waals surface area contributed by atoms with E-state index in [1.54, 1.807) is 55.6 Å². The molecule has 7 nitrogen and oxygen atoms in total. The molecule has 144 valence electrons. The number of nitrogens with one attached hydrogen (secondary N) is 2. The van der Waals surface area contributed by atoms with Gasteiger partial charge >= 0.3 is 0 Å². The number of benzene rings is 2. The number of carbonyl (C=O) groups is 2. The van der Waals surface area contributed by atoms with E-state index in [0.717, 1.165) is 0 Å². The summed E-state index contributed by atoms with van der Waals surface area (Å²) in [5.74, 6) is 1.28. The Morgan fingerprint density at radius 1 is 0.926 bits per heavy atom. The molecule has 0 heterocycles. The summed E-state index contributed by atoms with van der Waals surface area (Å²) in [4.78, 5) is 24.0. The molecule has 0 saturated carbocycles. The Hall–Kier alpha value is -3.22. The molecular weight excluding hydrogens is 348 g/mol. The average Bonchev–Trinajstić information content (AvgIpc) is 2.69. The van der Waals surface area contributed by atoms with Gasteiger partial charge in [0.05, 0.1) is 13.7 Å². The van der Waals surface area contributed by atoms with E-state index in [9.17, 15) is 9.59 Å². The quantitative estimate of drug-likeness (QED) is 0.696. The molecule has 2 N–H and O–H groups in total. The zero-order valence-electron chi connectivity index (χ0n) is 15.7. The maximum absolute atomic E-state index is 12.1. The summed E-state index contributed by atoms with van der Waals surface area (Å²) in [7, 11) is 1.57. The summed E-state index contributed by atoms with van der Waals surface area (Å²) in [6.07, 6.45) is 0. The smallest absolute Gasteiger partial charge is 0.276 e. The molecule has 0 aliphatic rings. The molecule has 0 unspecified atom stereocenters. The van der Waals surface area contributed by atoms with Gasteiger partial charge in [-0.2, -0.15) is 0 Å². The number of amides is 2. The minimum absolute atomic E-state index is 0.232. The second kappa shape index (κ2) is 10.1. The normalized spacial score (nSPS) is 10.2. The van der Waals surface area contributed by atoms with Crippen LogP contribution in [0.25, 0.3) is 0 Å². The molecule has 0 atom stereocenters. The Balaban J connectivity index is 1.78. The number of methoxy groups -OCH3 is 1. The highest BCUT2D eigenvalue weighted by molar-refractivity contribution is 5.95. The summed E-state index contributed by atoms with van der Waals surface area (Å²) in [5.41, 5.74) is 5.05. The first-order valence-electron chi connectivity index (χ1n) is 8.57. The molecule has 0 radical (unpaired) electrons. The molecule has 27 heavy (non-hydrogen) atoms. The van der Waals surface area contributed by atoms with E-state index < -0.39 is 11.8 Å². The first kappa shape index (κ1) is 20.1. The lowest BCUT2D eigenvalue weighted by Gasteiger charge is -2.11. The molecule has 0 aliphatic carbocycles. The fraction of sp³-hybridized carbons (Fsp3) is 0.300. The van der Waals surface area contributed by atoms with Gasteiger partial charge in [-0.25, -0.2) is 0 Å². The van der Waals surface area contributed by atoms with Gasteiger partial charge in [-0.15, -0.1) is 0 Å². The van der Waals surface area contributed by atoms with Crippen molar-refractivity contribution < 1.29 is 23.8 Å². The third kappa shape index (κ3) is 6.89. The Morgan fingerprint density at radius 2 is 1.63 bits per heavy atom. The average molecular weight is 372 g/mol. The summed E-state index contributed by atoms with van der Waals surface area (Å²) < 4.78 is 16.0. The number of hydrogen-bond donors (Lipinski definition) is 2. The number of carbonyl (C=O) groups excluding carboxylic acids is 2. The van der Waals surface area contributed by atoms with E-state index in [1.807, 2.05) is 13.8 Å². The molecule has 0 aliphatic heterocycles. The molecule has 2 rings (SSSR count). The summed E-state index contributed by atoms with van der Waals surface area (Å²) in [5, 5.41) is 0. The van der Waals surface area contributed by atoms with E-state index in [0.29, 0.717) is 35.3 Å². The Bertz CT molecular complexity index is 759. The fourth-order valence-corrected chi connectivity index (χ4v) is 2.05. The first-order chi connectivity index (χ1) is 13.0. The van der Waals surface area contributed by atoms with Crippen molar-refractivity contribution in [3.05, 3.63) is 54.1 Å². The molecule has 0 aromatic heterocycles. The third-order valence-electron chi connectivity index (χ3n) is 3.42. The maximum atomic E-state index is 12.1. The van der Waals surface area contributed by atoms with Gasteiger partial charge < -0.3 is 14.2 Å². The van der Waals surface area contributed by atoms with Crippen LogP contribution in [0.4, 0.5) is 0 Å². The highest BCUT2D eigenvalue weighted by Gasteiger charge is 2.09. The molecule has 0 fully saturated rings. The second-order valence-electron chi connectivity index (χ2n) is 6.20. The van der Waals surface area contributed by atoms with Crippen molar-refractivity contribution in [3.8, 4) is 17.2 Å². The minimum atomic E-state index is -0.480. The molecule has 0 saturated heterocycles. The van der Waals surface area contributed by atoms with E-state index in [2.05, 4.69) is 10.9 Å². The number of hydrogen-bond acceptors (Lipinski definition) is 5. The van der Waals surface area contributed by atoms with Crippen LogP contribution in [0.3, 0.4) is 0 Å². The van der Waals surface area contributed by atoms with Gasteiger partial charge in [0.15, 0.2) is 6.61 Å². The fourth-order valence-electron chi connectivity index (χ4n) is 2.05. The molecule has 2 aromatic rings. The van der Waals surface area contributed by atoms with Gasteiger partial charge in [0.1, 0.15) is 17.2 Å². The summed E-state index contributed by atoms with van der Waals surface area (Å²) in [6, 6.07) is 13.6. The first-order valence-corrected chi connectivity index (χ1v) is 8.57. The van der Waals surface area contributed by atoms with E-state index in [-0.39, 0.29) is 6.61 Å². The van der Waals surface area contributed by atoms with Crippen LogP contribution in [0.2, 0.25) is 0 Å². The molecular formula is C20H24N2O5. The van der Waals surface area contributed by atoms with Crippen LogP contribution in [-0.2, 0) is 4.79 Å². The Morgan fingerprint density at radius 3 is 2.30 bits per heavy atom. The molecule has 0 spiro atoms. The van der Waals surface area contributed by atoms with Gasteiger partial charge in [0.2, 0.25) is 0 Å². The lowest BCUT2D eigenvalue weighted by atomic mass is 10.2. The zero-order valence-corrected chi connectivity index (χ0v) is 15.7.